The van der Waals surface area contributed by atoms with Crippen LogP contribution < -0.4 is 14.8 Å². The van der Waals surface area contributed by atoms with E-state index >= 15 is 0 Å². The second kappa shape index (κ2) is 11.7. The molecule has 0 bridgehead atoms. The number of ether oxygens (including phenoxy) is 3. The lowest BCUT2D eigenvalue weighted by atomic mass is 10.1. The first-order chi connectivity index (χ1) is 18.2. The highest BCUT2D eigenvalue weighted by molar-refractivity contribution is 5.97. The summed E-state index contributed by atoms with van der Waals surface area (Å²) in [6.07, 6.45) is 5.80. The van der Waals surface area contributed by atoms with Crippen molar-refractivity contribution in [3.05, 3.63) is 66.1 Å². The molecule has 190 valence electrons. The molecule has 0 saturated carbocycles. The van der Waals surface area contributed by atoms with Crippen LogP contribution in [0.4, 0.5) is 11.4 Å². The third-order valence-corrected chi connectivity index (χ3v) is 6.27. The van der Waals surface area contributed by atoms with Crippen LogP contribution in [0.5, 0.6) is 11.5 Å². The number of morpholine rings is 1. The summed E-state index contributed by atoms with van der Waals surface area (Å²) in [5, 5.41) is 22.2. The molecule has 0 spiro atoms. The molecule has 0 unspecified atom stereocenters. The predicted octanol–water partition coefficient (Wildman–Crippen LogP) is 3.60. The van der Waals surface area contributed by atoms with Gasteiger partial charge in [0, 0.05) is 43.0 Å². The standard InChI is InChI=1S/C27H29N7O3/c1-35-25-15-23-24(16-26(25)37-12-2-9-33-10-13-36-14-11-33)29-18-21(17-28)27(23)32-22-5-3-20(4-6-22)19-34-30-7-8-31-34/h3-8,15-16,18H,2,9-14,19H2,1H3,(H,29,32). The van der Waals surface area contributed by atoms with Crippen molar-refractivity contribution in [2.45, 2.75) is 13.0 Å². The van der Waals surface area contributed by atoms with Gasteiger partial charge in [0.25, 0.3) is 0 Å². The van der Waals surface area contributed by atoms with E-state index in [0.29, 0.717) is 41.4 Å². The molecular formula is C27H29N7O3. The van der Waals surface area contributed by atoms with Gasteiger partial charge in [-0.15, -0.1) is 0 Å². The second-order valence-corrected chi connectivity index (χ2v) is 8.72. The van der Waals surface area contributed by atoms with Crippen molar-refractivity contribution >= 4 is 22.3 Å². The zero-order valence-corrected chi connectivity index (χ0v) is 20.8. The van der Waals surface area contributed by atoms with Crippen LogP contribution in [0.3, 0.4) is 0 Å². The Morgan fingerprint density at radius 3 is 2.59 bits per heavy atom. The maximum Gasteiger partial charge on any atom is 0.163 e. The number of nitrogens with one attached hydrogen (secondary N) is 1. The molecule has 0 radical (unpaired) electrons. The number of anilines is 2. The molecule has 10 heteroatoms. The van der Waals surface area contributed by atoms with Gasteiger partial charge in [-0.05, 0) is 30.2 Å². The van der Waals surface area contributed by atoms with Crippen LogP contribution in [-0.2, 0) is 11.3 Å². The predicted molar refractivity (Wildman–Crippen MR) is 139 cm³/mol. The minimum Gasteiger partial charge on any atom is -0.493 e. The van der Waals surface area contributed by atoms with Crippen LogP contribution >= 0.6 is 0 Å². The Hall–Kier alpha value is -4.20. The SMILES string of the molecule is COc1cc2c(Nc3ccc(Cn4nccn4)cc3)c(C#N)cnc2cc1OCCCN1CCOCC1. The van der Waals surface area contributed by atoms with Crippen molar-refractivity contribution < 1.29 is 14.2 Å². The van der Waals surface area contributed by atoms with Gasteiger partial charge in [0.05, 0.1) is 62.6 Å². The molecule has 1 aliphatic rings. The average Bonchev–Trinajstić information content (AvgIpc) is 3.45. The fourth-order valence-corrected chi connectivity index (χ4v) is 4.31. The zero-order valence-electron chi connectivity index (χ0n) is 20.8. The quantitative estimate of drug-likeness (QED) is 0.327. The highest BCUT2D eigenvalue weighted by Crippen LogP contribution is 2.37. The molecular weight excluding hydrogens is 470 g/mol. The van der Waals surface area contributed by atoms with E-state index in [1.165, 1.54) is 0 Å². The number of benzene rings is 2. The lowest BCUT2D eigenvalue weighted by Crippen LogP contribution is -2.37. The van der Waals surface area contributed by atoms with Crippen LogP contribution in [0, 0.1) is 11.3 Å². The average molecular weight is 500 g/mol. The minimum absolute atomic E-state index is 0.443. The van der Waals surface area contributed by atoms with Crippen molar-refractivity contribution in [1.82, 2.24) is 24.9 Å². The number of fused-ring (bicyclic) bond motifs is 1. The van der Waals surface area contributed by atoms with Crippen molar-refractivity contribution in [3.63, 3.8) is 0 Å². The highest BCUT2D eigenvalue weighted by Gasteiger charge is 2.15. The minimum atomic E-state index is 0.443. The largest absolute Gasteiger partial charge is 0.493 e. The Labute approximate surface area is 215 Å². The topological polar surface area (TPSA) is 110 Å². The molecule has 3 heterocycles. The van der Waals surface area contributed by atoms with E-state index in [0.717, 1.165) is 55.9 Å². The van der Waals surface area contributed by atoms with Gasteiger partial charge in [0.1, 0.15) is 6.07 Å². The molecule has 2 aromatic heterocycles. The third-order valence-electron chi connectivity index (χ3n) is 6.27. The zero-order chi connectivity index (χ0) is 25.5. The number of aromatic nitrogens is 4. The van der Waals surface area contributed by atoms with Crippen LogP contribution in [0.25, 0.3) is 10.9 Å². The summed E-state index contributed by atoms with van der Waals surface area (Å²) < 4.78 is 17.1. The van der Waals surface area contributed by atoms with E-state index in [4.69, 9.17) is 14.2 Å². The lowest BCUT2D eigenvalue weighted by molar-refractivity contribution is 0.0357. The maximum atomic E-state index is 9.76. The smallest absolute Gasteiger partial charge is 0.163 e. The summed E-state index contributed by atoms with van der Waals surface area (Å²) in [4.78, 5) is 8.52. The van der Waals surface area contributed by atoms with E-state index in [-0.39, 0.29) is 0 Å². The molecule has 37 heavy (non-hydrogen) atoms. The molecule has 1 saturated heterocycles. The van der Waals surface area contributed by atoms with Crippen molar-refractivity contribution in [3.8, 4) is 17.6 Å². The molecule has 0 aliphatic carbocycles. The first kappa shape index (κ1) is 24.5. The van der Waals surface area contributed by atoms with Crippen molar-refractivity contribution in [1.29, 1.82) is 5.26 Å². The van der Waals surface area contributed by atoms with Crippen LogP contribution in [0.2, 0.25) is 0 Å². The first-order valence-electron chi connectivity index (χ1n) is 12.3. The first-order valence-corrected chi connectivity index (χ1v) is 12.3. The van der Waals surface area contributed by atoms with Gasteiger partial charge in [0.2, 0.25) is 0 Å². The Morgan fingerprint density at radius 2 is 1.86 bits per heavy atom. The summed E-state index contributed by atoms with van der Waals surface area (Å²) in [6.45, 7) is 5.63. The summed E-state index contributed by atoms with van der Waals surface area (Å²) >= 11 is 0. The van der Waals surface area contributed by atoms with Crippen molar-refractivity contribution in [2.75, 3.05) is 51.9 Å². The molecule has 2 aromatic carbocycles. The number of rotatable bonds is 10. The fraction of sp³-hybridized carbons (Fsp3) is 0.333. The van der Waals surface area contributed by atoms with Gasteiger partial charge < -0.3 is 19.5 Å². The van der Waals surface area contributed by atoms with E-state index < -0.39 is 0 Å². The monoisotopic (exact) mass is 499 g/mol. The molecule has 1 N–H and O–H groups in total. The molecule has 0 atom stereocenters. The Kier molecular flexibility index (Phi) is 7.74. The molecule has 5 rings (SSSR count). The van der Waals surface area contributed by atoms with Gasteiger partial charge in [-0.25, -0.2) is 0 Å². The van der Waals surface area contributed by atoms with E-state index in [1.54, 1.807) is 30.5 Å². The molecule has 10 nitrogen and oxygen atoms in total. The van der Waals surface area contributed by atoms with Gasteiger partial charge in [-0.2, -0.15) is 20.3 Å². The van der Waals surface area contributed by atoms with Crippen LogP contribution in [-0.4, -0.2) is 71.4 Å². The molecule has 1 fully saturated rings. The highest BCUT2D eigenvalue weighted by atomic mass is 16.5. The summed E-state index contributed by atoms with van der Waals surface area (Å²) in [7, 11) is 1.61. The molecule has 4 aromatic rings. The Balaban J connectivity index is 1.33. The van der Waals surface area contributed by atoms with Crippen LogP contribution in [0.1, 0.15) is 17.5 Å². The Bertz CT molecular complexity index is 1360. The second-order valence-electron chi connectivity index (χ2n) is 8.72. The summed E-state index contributed by atoms with van der Waals surface area (Å²) in [5.74, 6) is 1.23. The Morgan fingerprint density at radius 1 is 1.08 bits per heavy atom. The number of pyridine rings is 1. The van der Waals surface area contributed by atoms with Crippen molar-refractivity contribution in [2.24, 2.45) is 0 Å². The third kappa shape index (κ3) is 5.97. The lowest BCUT2D eigenvalue weighted by Gasteiger charge is -2.26. The summed E-state index contributed by atoms with van der Waals surface area (Å²) in [5.41, 5.74) is 3.75. The van der Waals surface area contributed by atoms with Gasteiger partial charge in [-0.3, -0.25) is 9.88 Å². The number of methoxy groups -OCH3 is 1. The fourth-order valence-electron chi connectivity index (χ4n) is 4.31. The van der Waals surface area contributed by atoms with Crippen LogP contribution in [0.15, 0.2) is 55.0 Å². The molecule has 1 aliphatic heterocycles. The maximum absolute atomic E-state index is 9.76. The van der Waals surface area contributed by atoms with Gasteiger partial charge in [0.15, 0.2) is 11.5 Å². The van der Waals surface area contributed by atoms with Gasteiger partial charge in [-0.1, -0.05) is 12.1 Å². The number of nitriles is 1. The van der Waals surface area contributed by atoms with E-state index in [9.17, 15) is 5.26 Å². The summed E-state index contributed by atoms with van der Waals surface area (Å²) in [6, 6.07) is 13.9. The number of hydrogen-bond donors (Lipinski definition) is 1. The molecule has 0 amide bonds. The van der Waals surface area contributed by atoms with E-state index in [2.05, 4.69) is 31.5 Å². The number of nitrogens with zero attached hydrogens (tertiary/aromatic N) is 6. The van der Waals surface area contributed by atoms with E-state index in [1.807, 2.05) is 36.4 Å². The normalized spacial score (nSPS) is 13.8. The van der Waals surface area contributed by atoms with Gasteiger partial charge >= 0.3 is 0 Å². The number of hydrogen-bond acceptors (Lipinski definition) is 9.